The molecule has 0 spiro atoms. The number of hydrogen-bond donors (Lipinski definition) is 2. The summed E-state index contributed by atoms with van der Waals surface area (Å²) in [7, 11) is 0. The molecule has 6 nitrogen and oxygen atoms in total. The van der Waals surface area contributed by atoms with E-state index in [4.69, 9.17) is 9.15 Å². The van der Waals surface area contributed by atoms with Crippen LogP contribution in [0.1, 0.15) is 43.9 Å². The molecule has 0 aliphatic rings. The van der Waals surface area contributed by atoms with Crippen molar-refractivity contribution in [3.05, 3.63) is 47.5 Å². The molecule has 6 heteroatoms. The summed E-state index contributed by atoms with van der Waals surface area (Å²) >= 11 is 0. The lowest BCUT2D eigenvalue weighted by Crippen LogP contribution is -2.36. The van der Waals surface area contributed by atoms with Gasteiger partial charge in [-0.25, -0.2) is 9.78 Å². The van der Waals surface area contributed by atoms with Crippen LogP contribution in [-0.4, -0.2) is 17.1 Å². The maximum atomic E-state index is 12.0. The summed E-state index contributed by atoms with van der Waals surface area (Å²) < 4.78 is 11.1. The molecule has 2 aromatic heterocycles. The van der Waals surface area contributed by atoms with E-state index >= 15 is 0 Å². The molecule has 124 valence electrons. The maximum Gasteiger partial charge on any atom is 0.315 e. The van der Waals surface area contributed by atoms with E-state index in [9.17, 15) is 4.79 Å². The van der Waals surface area contributed by atoms with Gasteiger partial charge in [-0.1, -0.05) is 6.07 Å². The third-order valence-corrected chi connectivity index (χ3v) is 3.17. The Hall–Kier alpha value is -2.50. The van der Waals surface area contributed by atoms with Crippen LogP contribution in [0.25, 0.3) is 0 Å². The number of nitrogens with zero attached hydrogens (tertiary/aromatic N) is 1. The van der Waals surface area contributed by atoms with Crippen molar-refractivity contribution in [2.24, 2.45) is 0 Å². The van der Waals surface area contributed by atoms with Gasteiger partial charge in [0.25, 0.3) is 0 Å². The highest BCUT2D eigenvalue weighted by Crippen LogP contribution is 2.17. The fourth-order valence-corrected chi connectivity index (χ4v) is 2.07. The van der Waals surface area contributed by atoms with Crippen LogP contribution in [0.2, 0.25) is 0 Å². The predicted molar refractivity (Wildman–Crippen MR) is 87.2 cm³/mol. The lowest BCUT2D eigenvalue weighted by molar-refractivity contribution is 0.227. The highest BCUT2D eigenvalue weighted by atomic mass is 16.5. The molecule has 0 aromatic carbocycles. The van der Waals surface area contributed by atoms with Gasteiger partial charge in [-0.3, -0.25) is 0 Å². The molecule has 0 aliphatic carbocycles. The van der Waals surface area contributed by atoms with Crippen molar-refractivity contribution in [1.29, 1.82) is 0 Å². The summed E-state index contributed by atoms with van der Waals surface area (Å²) in [6.07, 6.45) is 1.70. The van der Waals surface area contributed by atoms with Crippen LogP contribution in [0.3, 0.4) is 0 Å². The largest absolute Gasteiger partial charge is 0.475 e. The number of carbonyl (C=O) groups excluding carboxylic acids is 1. The number of ether oxygens (including phenoxy) is 1. The van der Waals surface area contributed by atoms with Crippen molar-refractivity contribution in [2.45, 2.75) is 46.4 Å². The molecule has 1 atom stereocenters. The Morgan fingerprint density at radius 1 is 1.30 bits per heavy atom. The van der Waals surface area contributed by atoms with Gasteiger partial charge in [-0.15, -0.1) is 0 Å². The Kier molecular flexibility index (Phi) is 5.62. The van der Waals surface area contributed by atoms with Crippen molar-refractivity contribution in [3.63, 3.8) is 0 Å². The molecule has 2 heterocycles. The third kappa shape index (κ3) is 5.02. The monoisotopic (exact) mass is 317 g/mol. The zero-order chi connectivity index (χ0) is 16.8. The smallest absolute Gasteiger partial charge is 0.315 e. The normalized spacial score (nSPS) is 12.0. The molecule has 0 saturated carbocycles. The second-order valence-electron chi connectivity index (χ2n) is 5.63. The first-order valence-electron chi connectivity index (χ1n) is 7.67. The minimum atomic E-state index is -0.272. The maximum absolute atomic E-state index is 12.0. The summed E-state index contributed by atoms with van der Waals surface area (Å²) in [5.74, 6) is 2.08. The number of carbonyl (C=O) groups is 1. The first-order chi connectivity index (χ1) is 11.0. The van der Waals surface area contributed by atoms with E-state index in [1.54, 1.807) is 6.20 Å². The van der Waals surface area contributed by atoms with Gasteiger partial charge in [-0.05, 0) is 45.9 Å². The van der Waals surface area contributed by atoms with E-state index in [1.165, 1.54) is 0 Å². The minimum Gasteiger partial charge on any atom is -0.475 e. The van der Waals surface area contributed by atoms with Gasteiger partial charge in [0.15, 0.2) is 0 Å². The molecule has 0 radical (unpaired) electrons. The van der Waals surface area contributed by atoms with Crippen LogP contribution >= 0.6 is 0 Å². The number of nitrogens with one attached hydrogen (secondary N) is 2. The van der Waals surface area contributed by atoms with E-state index in [1.807, 2.05) is 52.0 Å². The molecule has 2 rings (SSSR count). The molecule has 2 amide bonds. The average Bonchev–Trinajstić information content (AvgIpc) is 2.92. The molecule has 0 unspecified atom stereocenters. The third-order valence-electron chi connectivity index (χ3n) is 3.17. The van der Waals surface area contributed by atoms with Gasteiger partial charge in [0.05, 0.1) is 12.1 Å². The van der Waals surface area contributed by atoms with Crippen molar-refractivity contribution in [1.82, 2.24) is 15.6 Å². The lowest BCUT2D eigenvalue weighted by Gasteiger charge is -2.15. The highest BCUT2D eigenvalue weighted by Gasteiger charge is 2.13. The standard InChI is InChI=1S/C17H23N3O3/c1-11(2)22-16-14(6-5-9-18-16)10-19-17(21)20-13(4)15-8-7-12(3)23-15/h5-9,11,13H,10H2,1-4H3,(H2,19,20,21)/t13-/m1/s1. The number of pyridine rings is 1. The van der Waals surface area contributed by atoms with Gasteiger partial charge in [0.2, 0.25) is 5.88 Å². The molecule has 0 bridgehead atoms. The van der Waals surface area contributed by atoms with E-state index in [2.05, 4.69) is 15.6 Å². The van der Waals surface area contributed by atoms with Crippen molar-refractivity contribution < 1.29 is 13.9 Å². The van der Waals surface area contributed by atoms with E-state index in [0.29, 0.717) is 12.4 Å². The van der Waals surface area contributed by atoms with Gasteiger partial charge >= 0.3 is 6.03 Å². The van der Waals surface area contributed by atoms with Crippen LogP contribution in [0.5, 0.6) is 5.88 Å². The second-order valence-corrected chi connectivity index (χ2v) is 5.63. The van der Waals surface area contributed by atoms with Crippen LogP contribution < -0.4 is 15.4 Å². The summed E-state index contributed by atoms with van der Waals surface area (Å²) in [6.45, 7) is 7.95. The van der Waals surface area contributed by atoms with Gasteiger partial charge in [0, 0.05) is 18.3 Å². The van der Waals surface area contributed by atoms with Crippen molar-refractivity contribution >= 4 is 6.03 Å². The molecule has 23 heavy (non-hydrogen) atoms. The summed E-state index contributed by atoms with van der Waals surface area (Å²) in [5, 5.41) is 5.64. The van der Waals surface area contributed by atoms with Crippen LogP contribution in [0, 0.1) is 6.92 Å². The first kappa shape index (κ1) is 16.9. The quantitative estimate of drug-likeness (QED) is 0.857. The fraction of sp³-hybridized carbons (Fsp3) is 0.412. The summed E-state index contributed by atoms with van der Waals surface area (Å²) in [6, 6.07) is 6.95. The van der Waals surface area contributed by atoms with Crippen LogP contribution in [0.15, 0.2) is 34.9 Å². The number of rotatable bonds is 6. The molecule has 0 saturated heterocycles. The number of aromatic nitrogens is 1. The molecule has 0 fully saturated rings. The average molecular weight is 317 g/mol. The Morgan fingerprint density at radius 2 is 2.09 bits per heavy atom. The molecule has 2 N–H and O–H groups in total. The van der Waals surface area contributed by atoms with E-state index in [0.717, 1.165) is 17.1 Å². The Labute approximate surface area is 136 Å². The van der Waals surface area contributed by atoms with Gasteiger partial charge in [0.1, 0.15) is 11.5 Å². The number of aryl methyl sites for hydroxylation is 1. The molecular formula is C17H23N3O3. The lowest BCUT2D eigenvalue weighted by atomic mass is 10.2. The molecule has 0 aliphatic heterocycles. The number of furan rings is 1. The summed E-state index contributed by atoms with van der Waals surface area (Å²) in [5.41, 5.74) is 0.831. The van der Waals surface area contributed by atoms with E-state index < -0.39 is 0 Å². The number of urea groups is 1. The zero-order valence-corrected chi connectivity index (χ0v) is 13.9. The van der Waals surface area contributed by atoms with Gasteiger partial charge in [-0.2, -0.15) is 0 Å². The predicted octanol–water partition coefficient (Wildman–Crippen LogP) is 3.33. The Bertz CT molecular complexity index is 652. The molecule has 2 aromatic rings. The Morgan fingerprint density at radius 3 is 2.74 bits per heavy atom. The van der Waals surface area contributed by atoms with Crippen LogP contribution in [0.4, 0.5) is 4.79 Å². The zero-order valence-electron chi connectivity index (χ0n) is 13.9. The minimum absolute atomic E-state index is 0.0275. The number of hydrogen-bond acceptors (Lipinski definition) is 4. The molecular weight excluding hydrogens is 294 g/mol. The second kappa shape index (κ2) is 7.67. The number of amides is 2. The van der Waals surface area contributed by atoms with E-state index in [-0.39, 0.29) is 18.2 Å². The fourth-order valence-electron chi connectivity index (χ4n) is 2.07. The van der Waals surface area contributed by atoms with Crippen molar-refractivity contribution in [2.75, 3.05) is 0 Å². The first-order valence-corrected chi connectivity index (χ1v) is 7.67. The SMILES string of the molecule is Cc1ccc([C@@H](C)NC(=O)NCc2cccnc2OC(C)C)o1. The van der Waals surface area contributed by atoms with Crippen molar-refractivity contribution in [3.8, 4) is 5.88 Å². The summed E-state index contributed by atoms with van der Waals surface area (Å²) in [4.78, 5) is 16.2. The Balaban J connectivity index is 1.89. The topological polar surface area (TPSA) is 76.4 Å². The highest BCUT2D eigenvalue weighted by molar-refractivity contribution is 5.74. The van der Waals surface area contributed by atoms with Crippen LogP contribution in [-0.2, 0) is 6.54 Å². The van der Waals surface area contributed by atoms with Gasteiger partial charge < -0.3 is 19.8 Å².